The van der Waals surface area contributed by atoms with Gasteiger partial charge in [0, 0.05) is 24.9 Å². The molecule has 0 radical (unpaired) electrons. The molecule has 1 aromatic heterocycles. The summed E-state index contributed by atoms with van der Waals surface area (Å²) in [5.74, 6) is -2.40. The highest BCUT2D eigenvalue weighted by atomic mass is 16.4. The normalized spacial score (nSPS) is 18.1. The van der Waals surface area contributed by atoms with Crippen molar-refractivity contribution in [1.82, 2.24) is 25.5 Å². The van der Waals surface area contributed by atoms with E-state index in [-0.39, 0.29) is 18.9 Å². The number of H-pyrrole nitrogens is 1. The fourth-order valence-electron chi connectivity index (χ4n) is 3.42. The molecule has 11 nitrogen and oxygen atoms in total. The van der Waals surface area contributed by atoms with E-state index in [1.54, 1.807) is 6.20 Å². The van der Waals surface area contributed by atoms with E-state index in [9.17, 15) is 24.3 Å². The van der Waals surface area contributed by atoms with E-state index in [1.807, 2.05) is 13.8 Å². The maximum atomic E-state index is 12.6. The third-order valence-corrected chi connectivity index (χ3v) is 4.94. The first-order valence-corrected chi connectivity index (χ1v) is 10.0. The van der Waals surface area contributed by atoms with E-state index in [0.717, 1.165) is 0 Å². The first-order chi connectivity index (χ1) is 14.2. The Labute approximate surface area is 174 Å². The molecule has 11 heteroatoms. The Morgan fingerprint density at radius 3 is 2.70 bits per heavy atom. The molecule has 2 rings (SSSR count). The van der Waals surface area contributed by atoms with Crippen molar-refractivity contribution < 1.29 is 24.3 Å². The van der Waals surface area contributed by atoms with Gasteiger partial charge in [0.25, 0.3) is 0 Å². The highest BCUT2D eigenvalue weighted by molar-refractivity contribution is 5.93. The predicted octanol–water partition coefficient (Wildman–Crippen LogP) is -0.998. The largest absolute Gasteiger partial charge is 0.480 e. The highest BCUT2D eigenvalue weighted by Gasteiger charge is 2.36. The van der Waals surface area contributed by atoms with Crippen LogP contribution in [0.25, 0.3) is 0 Å². The van der Waals surface area contributed by atoms with E-state index in [0.29, 0.717) is 31.5 Å². The highest BCUT2D eigenvalue weighted by Crippen LogP contribution is 2.18. The van der Waals surface area contributed by atoms with E-state index in [1.165, 1.54) is 11.2 Å². The van der Waals surface area contributed by atoms with Gasteiger partial charge in [-0.2, -0.15) is 0 Å². The number of carboxylic acid groups (broad SMARTS) is 1. The molecule has 2 heterocycles. The Kier molecular flexibility index (Phi) is 8.34. The molecule has 1 aliphatic rings. The van der Waals surface area contributed by atoms with Crippen molar-refractivity contribution in [2.45, 2.75) is 57.7 Å². The van der Waals surface area contributed by atoms with E-state index in [2.05, 4.69) is 20.6 Å². The average molecular weight is 422 g/mol. The van der Waals surface area contributed by atoms with Crippen molar-refractivity contribution in [2.24, 2.45) is 11.7 Å². The number of nitrogens with one attached hydrogen (secondary N) is 3. The molecule has 0 aromatic carbocycles. The molecule has 1 saturated heterocycles. The molecular weight excluding hydrogens is 392 g/mol. The standard InChI is InChI=1S/C19H30N6O5/c1-11(2)6-14(19(29)30)24-18(28)15-4-3-5-25(15)16(26)9-22-17(27)13(20)7-12-8-21-10-23-12/h8,10-11,13-15H,3-7,9,20H2,1-2H3,(H,21,23)(H,22,27)(H,24,28)(H,29,30)/t13-,14-,15-/m0/s1. The number of amides is 3. The van der Waals surface area contributed by atoms with Crippen LogP contribution in [0, 0.1) is 5.92 Å². The Bertz CT molecular complexity index is 751. The molecule has 3 atom stereocenters. The van der Waals surface area contributed by atoms with Crippen LogP contribution < -0.4 is 16.4 Å². The SMILES string of the molecule is CC(C)C[C@H](NC(=O)[C@@H]1CCCN1C(=O)CNC(=O)[C@@H](N)Cc1cnc[nH]1)C(=O)O. The van der Waals surface area contributed by atoms with Gasteiger partial charge in [-0.25, -0.2) is 9.78 Å². The summed E-state index contributed by atoms with van der Waals surface area (Å²) in [6, 6.07) is -2.60. The first kappa shape index (κ1) is 23.3. The summed E-state index contributed by atoms with van der Waals surface area (Å²) in [6.07, 6.45) is 4.67. The molecule has 3 amide bonds. The number of carboxylic acids is 1. The third kappa shape index (κ3) is 6.55. The quantitative estimate of drug-likeness (QED) is 0.322. The molecule has 30 heavy (non-hydrogen) atoms. The number of likely N-dealkylation sites (tertiary alicyclic amines) is 1. The van der Waals surface area contributed by atoms with E-state index in [4.69, 9.17) is 5.73 Å². The van der Waals surface area contributed by atoms with Gasteiger partial charge in [-0.1, -0.05) is 13.8 Å². The molecule has 1 fully saturated rings. The molecule has 0 bridgehead atoms. The number of aromatic amines is 1. The van der Waals surface area contributed by atoms with Crippen LogP contribution in [0.1, 0.15) is 38.8 Å². The van der Waals surface area contributed by atoms with Gasteiger partial charge >= 0.3 is 5.97 Å². The number of hydrogen-bond donors (Lipinski definition) is 5. The van der Waals surface area contributed by atoms with Crippen molar-refractivity contribution in [2.75, 3.05) is 13.1 Å². The van der Waals surface area contributed by atoms with Gasteiger partial charge in [0.1, 0.15) is 12.1 Å². The summed E-state index contributed by atoms with van der Waals surface area (Å²) < 4.78 is 0. The molecule has 0 saturated carbocycles. The van der Waals surface area contributed by atoms with Crippen LogP contribution in [0.4, 0.5) is 0 Å². The number of imidazole rings is 1. The number of nitrogens with two attached hydrogens (primary N) is 1. The Morgan fingerprint density at radius 2 is 2.10 bits per heavy atom. The third-order valence-electron chi connectivity index (χ3n) is 4.94. The fraction of sp³-hybridized carbons (Fsp3) is 0.632. The van der Waals surface area contributed by atoms with Crippen LogP contribution in [0.3, 0.4) is 0 Å². The molecule has 0 unspecified atom stereocenters. The molecule has 166 valence electrons. The minimum atomic E-state index is -1.11. The number of hydrogen-bond acceptors (Lipinski definition) is 6. The van der Waals surface area contributed by atoms with Gasteiger partial charge in [0.15, 0.2) is 0 Å². The monoisotopic (exact) mass is 422 g/mol. The Morgan fingerprint density at radius 1 is 1.37 bits per heavy atom. The number of nitrogens with zero attached hydrogens (tertiary/aromatic N) is 2. The summed E-state index contributed by atoms with van der Waals surface area (Å²) in [6.45, 7) is 3.82. The summed E-state index contributed by atoms with van der Waals surface area (Å²) in [5.41, 5.74) is 6.55. The number of aromatic nitrogens is 2. The van der Waals surface area contributed by atoms with Crippen LogP contribution in [0.5, 0.6) is 0 Å². The smallest absolute Gasteiger partial charge is 0.326 e. The minimum Gasteiger partial charge on any atom is -0.480 e. The van der Waals surface area contributed by atoms with Crippen molar-refractivity contribution >= 4 is 23.7 Å². The number of rotatable bonds is 10. The lowest BCUT2D eigenvalue weighted by molar-refractivity contribution is -0.144. The molecular formula is C19H30N6O5. The number of carbonyl (C=O) groups excluding carboxylic acids is 3. The van der Waals surface area contributed by atoms with E-state index < -0.39 is 41.8 Å². The molecule has 6 N–H and O–H groups in total. The summed E-state index contributed by atoms with van der Waals surface area (Å²) in [7, 11) is 0. The fourth-order valence-corrected chi connectivity index (χ4v) is 3.42. The van der Waals surface area contributed by atoms with Gasteiger partial charge in [-0.3, -0.25) is 14.4 Å². The zero-order chi connectivity index (χ0) is 22.3. The molecule has 0 aliphatic carbocycles. The Balaban J connectivity index is 1.87. The molecule has 0 spiro atoms. The second kappa shape index (κ2) is 10.7. The number of carbonyl (C=O) groups is 4. The van der Waals surface area contributed by atoms with E-state index >= 15 is 0 Å². The maximum Gasteiger partial charge on any atom is 0.326 e. The van der Waals surface area contributed by atoms with Crippen molar-refractivity contribution in [3.8, 4) is 0 Å². The average Bonchev–Trinajstić information content (AvgIpc) is 3.36. The lowest BCUT2D eigenvalue weighted by Gasteiger charge is -2.26. The number of aliphatic carboxylic acids is 1. The molecule has 1 aromatic rings. The van der Waals surface area contributed by atoms with Crippen molar-refractivity contribution in [3.05, 3.63) is 18.2 Å². The Hall–Kier alpha value is -2.95. The summed E-state index contributed by atoms with van der Waals surface area (Å²) >= 11 is 0. The van der Waals surface area contributed by atoms with Crippen LogP contribution in [0.2, 0.25) is 0 Å². The van der Waals surface area contributed by atoms with Gasteiger partial charge in [0.2, 0.25) is 17.7 Å². The first-order valence-electron chi connectivity index (χ1n) is 10.0. The van der Waals surface area contributed by atoms with Crippen LogP contribution in [0.15, 0.2) is 12.5 Å². The second-order valence-electron chi connectivity index (χ2n) is 7.88. The second-order valence-corrected chi connectivity index (χ2v) is 7.88. The summed E-state index contributed by atoms with van der Waals surface area (Å²) in [4.78, 5) is 56.8. The zero-order valence-corrected chi connectivity index (χ0v) is 17.3. The lowest BCUT2D eigenvalue weighted by Crippen LogP contribution is -2.53. The molecule has 1 aliphatic heterocycles. The van der Waals surface area contributed by atoms with Gasteiger partial charge in [-0.15, -0.1) is 0 Å². The topological polar surface area (TPSA) is 171 Å². The van der Waals surface area contributed by atoms with Crippen LogP contribution in [-0.2, 0) is 25.6 Å². The minimum absolute atomic E-state index is 0.0916. The van der Waals surface area contributed by atoms with Crippen molar-refractivity contribution in [1.29, 1.82) is 0 Å². The van der Waals surface area contributed by atoms with Crippen molar-refractivity contribution in [3.63, 3.8) is 0 Å². The maximum absolute atomic E-state index is 12.6. The zero-order valence-electron chi connectivity index (χ0n) is 17.3. The van der Waals surface area contributed by atoms with Crippen LogP contribution in [-0.4, -0.2) is 74.9 Å². The van der Waals surface area contributed by atoms with Gasteiger partial charge in [-0.05, 0) is 25.2 Å². The van der Waals surface area contributed by atoms with Gasteiger partial charge < -0.3 is 31.4 Å². The van der Waals surface area contributed by atoms with Crippen LogP contribution >= 0.6 is 0 Å². The van der Waals surface area contributed by atoms with Gasteiger partial charge in [0.05, 0.1) is 18.9 Å². The summed E-state index contributed by atoms with van der Waals surface area (Å²) in [5, 5.41) is 14.4. The lowest BCUT2D eigenvalue weighted by atomic mass is 10.0. The predicted molar refractivity (Wildman–Crippen MR) is 107 cm³/mol.